The third-order valence-electron chi connectivity index (χ3n) is 3.76. The van der Waals surface area contributed by atoms with Gasteiger partial charge >= 0.3 is 11.9 Å². The first-order valence-corrected chi connectivity index (χ1v) is 8.97. The zero-order valence-electron chi connectivity index (χ0n) is 14.9. The first-order valence-electron chi connectivity index (χ1n) is 8.16. The van der Waals surface area contributed by atoms with Gasteiger partial charge in [-0.3, -0.25) is 0 Å². The van der Waals surface area contributed by atoms with Gasteiger partial charge in [-0.25, -0.2) is 28.3 Å². The fourth-order valence-electron chi connectivity index (χ4n) is 2.56. The molecule has 0 fully saturated rings. The molecular formula is C18H15F2N3O4S. The van der Waals surface area contributed by atoms with E-state index in [1.807, 2.05) is 0 Å². The molecule has 0 saturated carbocycles. The van der Waals surface area contributed by atoms with Crippen LogP contribution in [0.2, 0.25) is 0 Å². The van der Waals surface area contributed by atoms with Gasteiger partial charge in [0.1, 0.15) is 27.2 Å². The number of hydrogen-bond acceptors (Lipinski definition) is 8. The van der Waals surface area contributed by atoms with Crippen LogP contribution in [0.4, 0.5) is 14.6 Å². The molecule has 0 saturated heterocycles. The molecule has 0 bridgehead atoms. The van der Waals surface area contributed by atoms with E-state index in [-0.39, 0.29) is 30.4 Å². The molecule has 0 aliphatic carbocycles. The van der Waals surface area contributed by atoms with Crippen molar-refractivity contribution in [1.82, 2.24) is 9.97 Å². The third-order valence-corrected chi connectivity index (χ3v) is 4.92. The topological polar surface area (TPSA) is 104 Å². The number of nitrogens with two attached hydrogens (primary N) is 1. The molecule has 2 heterocycles. The molecule has 0 spiro atoms. The summed E-state index contributed by atoms with van der Waals surface area (Å²) in [5.41, 5.74) is 6.30. The van der Waals surface area contributed by atoms with Gasteiger partial charge in [-0.05, 0) is 31.5 Å². The maximum Gasteiger partial charge on any atom is 0.348 e. The van der Waals surface area contributed by atoms with Crippen LogP contribution in [0.5, 0.6) is 0 Å². The number of benzene rings is 1. The number of nitrogens with zero attached hydrogens (tertiary/aromatic N) is 2. The van der Waals surface area contributed by atoms with Crippen molar-refractivity contribution in [2.24, 2.45) is 0 Å². The Bertz CT molecular complexity index is 1060. The smallest absolute Gasteiger partial charge is 0.348 e. The number of carbonyl (C=O) groups is 2. The van der Waals surface area contributed by atoms with Crippen molar-refractivity contribution in [3.8, 4) is 0 Å². The number of nitrogen functional groups attached to an aromatic ring is 1. The van der Waals surface area contributed by atoms with Crippen LogP contribution in [0.3, 0.4) is 0 Å². The summed E-state index contributed by atoms with van der Waals surface area (Å²) in [4.78, 5) is 33.2. The molecule has 2 aromatic heterocycles. The van der Waals surface area contributed by atoms with Gasteiger partial charge in [0.2, 0.25) is 0 Å². The largest absolute Gasteiger partial charge is 0.462 e. The Morgan fingerprint density at radius 1 is 1.11 bits per heavy atom. The molecule has 0 aliphatic heterocycles. The first-order chi connectivity index (χ1) is 13.3. The standard InChI is InChI=1S/C18H15F2N3O4S/c1-3-26-18(25)14-8(2)13-15(21)22-12(23-16(13)28-14)7-27-17(24)9-4-10(19)6-11(20)5-9/h4-6H,3,7H2,1-2H3,(H2,21,22,23). The van der Waals surface area contributed by atoms with E-state index in [9.17, 15) is 18.4 Å². The molecule has 7 nitrogen and oxygen atoms in total. The number of fused-ring (bicyclic) bond motifs is 1. The molecule has 146 valence electrons. The zero-order chi connectivity index (χ0) is 20.4. The predicted molar refractivity (Wildman–Crippen MR) is 98.0 cm³/mol. The minimum atomic E-state index is -0.935. The van der Waals surface area contributed by atoms with Crippen LogP contribution in [-0.2, 0) is 16.1 Å². The second-order valence-electron chi connectivity index (χ2n) is 5.72. The fraction of sp³-hybridized carbons (Fsp3) is 0.222. The number of halogens is 2. The summed E-state index contributed by atoms with van der Waals surface area (Å²) in [7, 11) is 0. The Morgan fingerprint density at radius 3 is 2.43 bits per heavy atom. The number of anilines is 1. The van der Waals surface area contributed by atoms with Gasteiger partial charge in [-0.2, -0.15) is 0 Å². The average molecular weight is 407 g/mol. The molecule has 0 amide bonds. The minimum absolute atomic E-state index is 0.0897. The van der Waals surface area contributed by atoms with Crippen LogP contribution in [0.25, 0.3) is 10.2 Å². The lowest BCUT2D eigenvalue weighted by Gasteiger charge is -2.06. The Hall–Kier alpha value is -3.14. The summed E-state index contributed by atoms with van der Waals surface area (Å²) in [6.07, 6.45) is 0. The molecule has 0 atom stereocenters. The third kappa shape index (κ3) is 3.91. The summed E-state index contributed by atoms with van der Waals surface area (Å²) in [6, 6.07) is 2.37. The number of rotatable bonds is 5. The van der Waals surface area contributed by atoms with E-state index < -0.39 is 23.6 Å². The average Bonchev–Trinajstić information content (AvgIpc) is 2.96. The molecule has 2 N–H and O–H groups in total. The van der Waals surface area contributed by atoms with Crippen molar-refractivity contribution in [3.63, 3.8) is 0 Å². The number of esters is 2. The Kier molecular flexibility index (Phi) is 5.50. The number of carbonyl (C=O) groups excluding carboxylic acids is 2. The summed E-state index contributed by atoms with van der Waals surface area (Å²) < 4.78 is 36.4. The number of ether oxygens (including phenoxy) is 2. The van der Waals surface area contributed by atoms with E-state index in [0.29, 0.717) is 26.7 Å². The normalized spacial score (nSPS) is 10.9. The van der Waals surface area contributed by atoms with E-state index in [1.165, 1.54) is 0 Å². The van der Waals surface area contributed by atoms with Gasteiger partial charge in [0, 0.05) is 6.07 Å². The molecule has 0 unspecified atom stereocenters. The van der Waals surface area contributed by atoms with Gasteiger partial charge in [0.05, 0.1) is 17.6 Å². The molecule has 10 heteroatoms. The minimum Gasteiger partial charge on any atom is -0.462 e. The van der Waals surface area contributed by atoms with Crippen LogP contribution in [-0.4, -0.2) is 28.5 Å². The van der Waals surface area contributed by atoms with E-state index in [4.69, 9.17) is 15.2 Å². The lowest BCUT2D eigenvalue weighted by Crippen LogP contribution is -2.09. The van der Waals surface area contributed by atoms with Crippen molar-refractivity contribution in [2.45, 2.75) is 20.5 Å². The first kappa shape index (κ1) is 19.6. The van der Waals surface area contributed by atoms with Crippen molar-refractivity contribution in [1.29, 1.82) is 0 Å². The molecule has 3 rings (SSSR count). The van der Waals surface area contributed by atoms with Gasteiger partial charge in [0.25, 0.3) is 0 Å². The Morgan fingerprint density at radius 2 is 1.79 bits per heavy atom. The summed E-state index contributed by atoms with van der Waals surface area (Å²) in [5, 5.41) is 0.523. The lowest BCUT2D eigenvalue weighted by molar-refractivity contribution is 0.0460. The highest BCUT2D eigenvalue weighted by atomic mass is 32.1. The predicted octanol–water partition coefficient (Wildman–Crippen LogP) is 3.39. The van der Waals surface area contributed by atoms with Gasteiger partial charge in [-0.1, -0.05) is 0 Å². The zero-order valence-corrected chi connectivity index (χ0v) is 15.7. The van der Waals surface area contributed by atoms with E-state index >= 15 is 0 Å². The maximum absolute atomic E-state index is 13.2. The SMILES string of the molecule is CCOC(=O)c1sc2nc(COC(=O)c3cc(F)cc(F)c3)nc(N)c2c1C. The summed E-state index contributed by atoms with van der Waals surface area (Å²) in [5.74, 6) is -2.99. The van der Waals surface area contributed by atoms with Gasteiger partial charge in [-0.15, -0.1) is 11.3 Å². The Balaban J connectivity index is 1.84. The van der Waals surface area contributed by atoms with E-state index in [0.717, 1.165) is 23.5 Å². The summed E-state index contributed by atoms with van der Waals surface area (Å²) in [6.45, 7) is 3.28. The quantitative estimate of drug-likeness (QED) is 0.647. The highest BCUT2D eigenvalue weighted by Gasteiger charge is 2.21. The van der Waals surface area contributed by atoms with Crippen molar-refractivity contribution in [2.75, 3.05) is 12.3 Å². The second kappa shape index (κ2) is 7.85. The van der Waals surface area contributed by atoms with Gasteiger partial charge in [0.15, 0.2) is 12.4 Å². The van der Waals surface area contributed by atoms with E-state index in [2.05, 4.69) is 9.97 Å². The molecule has 28 heavy (non-hydrogen) atoms. The number of aryl methyl sites for hydroxylation is 1. The fourth-order valence-corrected chi connectivity index (χ4v) is 3.66. The highest BCUT2D eigenvalue weighted by molar-refractivity contribution is 7.20. The second-order valence-corrected chi connectivity index (χ2v) is 6.72. The van der Waals surface area contributed by atoms with Crippen LogP contribution in [0, 0.1) is 18.6 Å². The molecular weight excluding hydrogens is 392 g/mol. The van der Waals surface area contributed by atoms with Crippen molar-refractivity contribution >= 4 is 39.3 Å². The number of aromatic nitrogens is 2. The van der Waals surface area contributed by atoms with E-state index in [1.54, 1.807) is 13.8 Å². The van der Waals surface area contributed by atoms with Crippen LogP contribution in [0.1, 0.15) is 38.3 Å². The van der Waals surface area contributed by atoms with Crippen LogP contribution < -0.4 is 5.73 Å². The monoisotopic (exact) mass is 407 g/mol. The van der Waals surface area contributed by atoms with Gasteiger partial charge < -0.3 is 15.2 Å². The summed E-state index contributed by atoms with van der Waals surface area (Å²) >= 11 is 1.09. The van der Waals surface area contributed by atoms with Crippen molar-refractivity contribution in [3.05, 3.63) is 51.7 Å². The lowest BCUT2D eigenvalue weighted by atomic mass is 10.2. The van der Waals surface area contributed by atoms with Crippen LogP contribution in [0.15, 0.2) is 18.2 Å². The van der Waals surface area contributed by atoms with Crippen molar-refractivity contribution < 1.29 is 27.8 Å². The number of hydrogen-bond donors (Lipinski definition) is 1. The Labute approximate surface area is 162 Å². The number of thiophene rings is 1. The molecule has 1 aromatic carbocycles. The molecule has 3 aromatic rings. The van der Waals surface area contributed by atoms with Crippen LogP contribution >= 0.6 is 11.3 Å². The highest BCUT2D eigenvalue weighted by Crippen LogP contribution is 2.33. The maximum atomic E-state index is 13.2. The molecule has 0 radical (unpaired) electrons. The molecule has 0 aliphatic rings.